The van der Waals surface area contributed by atoms with E-state index >= 15 is 0 Å². The molecule has 0 fully saturated rings. The molecule has 0 aliphatic heterocycles. The second-order valence-electron chi connectivity index (χ2n) is 6.56. The van der Waals surface area contributed by atoms with Crippen molar-refractivity contribution in [3.05, 3.63) is 17.0 Å². The number of rotatable bonds is 7. The van der Waals surface area contributed by atoms with E-state index in [0.717, 1.165) is 30.9 Å². The van der Waals surface area contributed by atoms with Gasteiger partial charge in [0.25, 0.3) is 0 Å². The molecular formula is C16H30N4O2. The van der Waals surface area contributed by atoms with E-state index in [0.29, 0.717) is 13.1 Å². The molecule has 1 aromatic heterocycles. The fourth-order valence-corrected chi connectivity index (χ4v) is 2.15. The van der Waals surface area contributed by atoms with E-state index < -0.39 is 5.60 Å². The van der Waals surface area contributed by atoms with Gasteiger partial charge in [-0.05, 0) is 41.0 Å². The van der Waals surface area contributed by atoms with Crippen LogP contribution in [0, 0.1) is 13.8 Å². The molecule has 1 rings (SSSR count). The fourth-order valence-electron chi connectivity index (χ4n) is 2.15. The van der Waals surface area contributed by atoms with Crippen LogP contribution in [-0.2, 0) is 11.3 Å². The Bertz CT molecular complexity index is 457. The number of carbonyl (C=O) groups excluding carboxylic acids is 1. The summed E-state index contributed by atoms with van der Waals surface area (Å²) in [5.41, 5.74) is 2.84. The van der Waals surface area contributed by atoms with Gasteiger partial charge in [-0.3, -0.25) is 5.10 Å². The van der Waals surface area contributed by atoms with E-state index in [1.54, 1.807) is 4.90 Å². The fraction of sp³-hybridized carbons (Fsp3) is 0.750. The normalized spacial score (nSPS) is 11.5. The van der Waals surface area contributed by atoms with Crippen LogP contribution in [0.1, 0.15) is 51.1 Å². The van der Waals surface area contributed by atoms with Crippen LogP contribution in [0.4, 0.5) is 4.79 Å². The number of nitrogens with zero attached hydrogens (tertiary/aromatic N) is 2. The van der Waals surface area contributed by atoms with Crippen molar-refractivity contribution in [2.24, 2.45) is 0 Å². The SMILES string of the molecule is CCCN(CCNCc1c(C)n[nH]c1C)C(=O)OC(C)(C)C. The predicted molar refractivity (Wildman–Crippen MR) is 87.9 cm³/mol. The third-order valence-corrected chi connectivity index (χ3v) is 3.29. The van der Waals surface area contributed by atoms with Crippen LogP contribution in [0.25, 0.3) is 0 Å². The molecule has 1 amide bonds. The Labute approximate surface area is 133 Å². The summed E-state index contributed by atoms with van der Waals surface area (Å²) in [4.78, 5) is 13.9. The van der Waals surface area contributed by atoms with Crippen LogP contribution in [0.2, 0.25) is 0 Å². The number of ether oxygens (including phenoxy) is 1. The molecule has 1 heterocycles. The Balaban J connectivity index is 2.43. The van der Waals surface area contributed by atoms with Gasteiger partial charge in [0.05, 0.1) is 5.69 Å². The number of amides is 1. The van der Waals surface area contributed by atoms with Gasteiger partial charge in [-0.2, -0.15) is 5.10 Å². The standard InChI is InChI=1S/C16H30N4O2/c1-7-9-20(15(21)22-16(4,5)6)10-8-17-11-14-12(2)18-19-13(14)3/h17H,7-11H2,1-6H3,(H,18,19). The number of hydrogen-bond acceptors (Lipinski definition) is 4. The van der Waals surface area contributed by atoms with Gasteiger partial charge in [0, 0.05) is 37.4 Å². The minimum absolute atomic E-state index is 0.244. The van der Waals surface area contributed by atoms with E-state index in [9.17, 15) is 4.79 Å². The van der Waals surface area contributed by atoms with Gasteiger partial charge in [-0.15, -0.1) is 0 Å². The minimum atomic E-state index is -0.457. The molecule has 126 valence electrons. The molecule has 0 unspecified atom stereocenters. The van der Waals surface area contributed by atoms with Crippen molar-refractivity contribution in [1.82, 2.24) is 20.4 Å². The van der Waals surface area contributed by atoms with Gasteiger partial charge in [-0.25, -0.2) is 4.79 Å². The summed E-state index contributed by atoms with van der Waals surface area (Å²) in [5, 5.41) is 10.5. The van der Waals surface area contributed by atoms with Crippen LogP contribution in [0.5, 0.6) is 0 Å². The van der Waals surface area contributed by atoms with E-state index in [-0.39, 0.29) is 6.09 Å². The summed E-state index contributed by atoms with van der Waals surface area (Å²) < 4.78 is 5.44. The van der Waals surface area contributed by atoms with Crippen molar-refractivity contribution < 1.29 is 9.53 Å². The molecule has 1 aromatic rings. The number of carbonyl (C=O) groups is 1. The molecule has 6 nitrogen and oxygen atoms in total. The highest BCUT2D eigenvalue weighted by molar-refractivity contribution is 5.68. The first-order valence-corrected chi connectivity index (χ1v) is 7.93. The number of aryl methyl sites for hydroxylation is 2. The van der Waals surface area contributed by atoms with Gasteiger partial charge in [0.2, 0.25) is 0 Å². The maximum atomic E-state index is 12.1. The van der Waals surface area contributed by atoms with E-state index in [1.807, 2.05) is 34.6 Å². The molecule has 0 radical (unpaired) electrons. The Morgan fingerprint density at radius 2 is 2.00 bits per heavy atom. The minimum Gasteiger partial charge on any atom is -0.444 e. The van der Waals surface area contributed by atoms with E-state index in [2.05, 4.69) is 22.4 Å². The zero-order valence-electron chi connectivity index (χ0n) is 14.7. The third-order valence-electron chi connectivity index (χ3n) is 3.29. The topological polar surface area (TPSA) is 70.2 Å². The zero-order valence-corrected chi connectivity index (χ0v) is 14.7. The van der Waals surface area contributed by atoms with Crippen molar-refractivity contribution in [1.29, 1.82) is 0 Å². The molecular weight excluding hydrogens is 280 g/mol. The molecule has 6 heteroatoms. The molecule has 0 aliphatic carbocycles. The van der Waals surface area contributed by atoms with Crippen molar-refractivity contribution in [3.63, 3.8) is 0 Å². The third kappa shape index (κ3) is 6.05. The highest BCUT2D eigenvalue weighted by Crippen LogP contribution is 2.10. The summed E-state index contributed by atoms with van der Waals surface area (Å²) in [7, 11) is 0. The lowest BCUT2D eigenvalue weighted by atomic mass is 10.2. The van der Waals surface area contributed by atoms with Crippen LogP contribution < -0.4 is 5.32 Å². The first-order chi connectivity index (χ1) is 10.2. The zero-order chi connectivity index (χ0) is 16.8. The van der Waals surface area contributed by atoms with Crippen LogP contribution >= 0.6 is 0 Å². The lowest BCUT2D eigenvalue weighted by Gasteiger charge is -2.27. The van der Waals surface area contributed by atoms with Crippen molar-refractivity contribution >= 4 is 6.09 Å². The Morgan fingerprint density at radius 1 is 1.32 bits per heavy atom. The second kappa shape index (κ2) is 8.17. The number of nitrogens with one attached hydrogen (secondary N) is 2. The molecule has 0 aromatic carbocycles. The van der Waals surface area contributed by atoms with E-state index in [4.69, 9.17) is 4.74 Å². The molecule has 0 saturated heterocycles. The predicted octanol–water partition coefficient (Wildman–Crippen LogP) is 2.76. The van der Waals surface area contributed by atoms with Gasteiger partial charge in [-0.1, -0.05) is 6.92 Å². The number of hydrogen-bond donors (Lipinski definition) is 2. The maximum Gasteiger partial charge on any atom is 0.410 e. The molecule has 22 heavy (non-hydrogen) atoms. The number of H-pyrrole nitrogens is 1. The average Bonchev–Trinajstić information content (AvgIpc) is 2.71. The number of aromatic nitrogens is 2. The Hall–Kier alpha value is -1.56. The Morgan fingerprint density at radius 3 is 2.50 bits per heavy atom. The summed E-state index contributed by atoms with van der Waals surface area (Å²) in [6, 6.07) is 0. The van der Waals surface area contributed by atoms with Crippen molar-refractivity contribution in [2.75, 3.05) is 19.6 Å². The van der Waals surface area contributed by atoms with Gasteiger partial charge in [0.15, 0.2) is 0 Å². The number of aromatic amines is 1. The van der Waals surface area contributed by atoms with Crippen LogP contribution in [0.3, 0.4) is 0 Å². The summed E-state index contributed by atoms with van der Waals surface area (Å²) in [5.74, 6) is 0. The van der Waals surface area contributed by atoms with Crippen molar-refractivity contribution in [2.45, 2.75) is 60.1 Å². The highest BCUT2D eigenvalue weighted by atomic mass is 16.6. The lowest BCUT2D eigenvalue weighted by molar-refractivity contribution is 0.0252. The molecule has 0 spiro atoms. The summed E-state index contributed by atoms with van der Waals surface area (Å²) >= 11 is 0. The summed E-state index contributed by atoms with van der Waals surface area (Å²) in [6.07, 6.45) is 0.672. The van der Waals surface area contributed by atoms with Crippen LogP contribution in [-0.4, -0.2) is 46.4 Å². The van der Waals surface area contributed by atoms with E-state index in [1.165, 1.54) is 5.56 Å². The molecule has 2 N–H and O–H groups in total. The first kappa shape index (κ1) is 18.5. The molecule has 0 atom stereocenters. The smallest absolute Gasteiger partial charge is 0.410 e. The van der Waals surface area contributed by atoms with Gasteiger partial charge >= 0.3 is 6.09 Å². The maximum absolute atomic E-state index is 12.1. The molecule has 0 bridgehead atoms. The lowest BCUT2D eigenvalue weighted by Crippen LogP contribution is -2.40. The van der Waals surface area contributed by atoms with Gasteiger partial charge < -0.3 is 15.0 Å². The monoisotopic (exact) mass is 310 g/mol. The molecule has 0 saturated carbocycles. The Kier molecular flexibility index (Phi) is 6.87. The second-order valence-corrected chi connectivity index (χ2v) is 6.56. The van der Waals surface area contributed by atoms with Gasteiger partial charge in [0.1, 0.15) is 5.60 Å². The average molecular weight is 310 g/mol. The summed E-state index contributed by atoms with van der Waals surface area (Å²) in [6.45, 7) is 14.5. The highest BCUT2D eigenvalue weighted by Gasteiger charge is 2.21. The van der Waals surface area contributed by atoms with Crippen LogP contribution in [0.15, 0.2) is 0 Å². The first-order valence-electron chi connectivity index (χ1n) is 7.93. The quantitative estimate of drug-likeness (QED) is 0.760. The molecule has 0 aliphatic rings. The largest absolute Gasteiger partial charge is 0.444 e. The van der Waals surface area contributed by atoms with Crippen molar-refractivity contribution in [3.8, 4) is 0 Å².